The molecule has 0 fully saturated rings. The van der Waals surface area contributed by atoms with Gasteiger partial charge in [0.05, 0.1) is 23.4 Å². The third-order valence-electron chi connectivity index (χ3n) is 6.40. The van der Waals surface area contributed by atoms with Crippen molar-refractivity contribution >= 4 is 12.0 Å². The minimum absolute atomic E-state index is 0.150. The molecule has 0 unspecified atom stereocenters. The molecule has 2 aromatic heterocycles. The summed E-state index contributed by atoms with van der Waals surface area (Å²) < 4.78 is 41.9. The van der Waals surface area contributed by atoms with Gasteiger partial charge in [0.25, 0.3) is 5.91 Å². The second-order valence-corrected chi connectivity index (χ2v) is 9.61. The molecule has 0 bridgehead atoms. The predicted octanol–water partition coefficient (Wildman–Crippen LogP) is 6.47. The van der Waals surface area contributed by atoms with E-state index < -0.39 is 23.9 Å². The lowest BCUT2D eigenvalue weighted by Gasteiger charge is -2.17. The van der Waals surface area contributed by atoms with Crippen LogP contribution in [0.3, 0.4) is 0 Å². The highest BCUT2D eigenvalue weighted by molar-refractivity contribution is 5.95. The van der Waals surface area contributed by atoms with Crippen LogP contribution < -0.4 is 10.6 Å². The van der Waals surface area contributed by atoms with Crippen molar-refractivity contribution in [3.05, 3.63) is 95.6 Å². The highest BCUT2D eigenvalue weighted by atomic mass is 19.4. The van der Waals surface area contributed by atoms with Gasteiger partial charge in [-0.25, -0.2) is 4.79 Å². The Kier molecular flexibility index (Phi) is 8.22. The van der Waals surface area contributed by atoms with E-state index in [4.69, 9.17) is 5.11 Å². The number of pyridine rings is 1. The van der Waals surface area contributed by atoms with Crippen LogP contribution in [0.15, 0.2) is 73.3 Å². The summed E-state index contributed by atoms with van der Waals surface area (Å²) in [5, 5.41) is 18.4. The van der Waals surface area contributed by atoms with Gasteiger partial charge < -0.3 is 15.7 Å². The Bertz CT molecular complexity index is 1510. The fraction of sp³-hybridized carbons (Fsp3) is 0.241. The minimum atomic E-state index is -4.55. The van der Waals surface area contributed by atoms with Gasteiger partial charge in [-0.3, -0.25) is 14.5 Å². The number of alkyl halides is 3. The van der Waals surface area contributed by atoms with E-state index in [0.29, 0.717) is 16.7 Å². The molecule has 208 valence electrons. The van der Waals surface area contributed by atoms with Gasteiger partial charge in [-0.05, 0) is 61.2 Å². The zero-order valence-electron chi connectivity index (χ0n) is 22.0. The van der Waals surface area contributed by atoms with E-state index in [-0.39, 0.29) is 24.1 Å². The summed E-state index contributed by atoms with van der Waals surface area (Å²) in [4.78, 5) is 28.1. The summed E-state index contributed by atoms with van der Waals surface area (Å²) in [5.41, 5.74) is 3.01. The molecule has 0 saturated heterocycles. The topological polar surface area (TPSA) is 109 Å². The van der Waals surface area contributed by atoms with Crippen molar-refractivity contribution in [2.45, 2.75) is 45.6 Å². The second kappa shape index (κ2) is 11.6. The maximum Gasteiger partial charge on any atom is 0.416 e. The molecule has 4 rings (SSSR count). The van der Waals surface area contributed by atoms with Gasteiger partial charge in [-0.2, -0.15) is 18.3 Å². The molecule has 2 amide bonds. The molecule has 0 aliphatic heterocycles. The van der Waals surface area contributed by atoms with Crippen molar-refractivity contribution in [3.8, 4) is 22.3 Å². The standard InChI is InChI=1S/C29H28F3N5O3/c1-17(2)37-16-24(15-35-37)22-10-23(13-33-12-22)27(38)36-18(3)19-4-6-20(7-5-19)26-11-25(29(30,31)32)9-8-21(26)14-34-28(39)40/h4-13,15-18,34H,14H2,1-3H3,(H,36,38)(H,39,40)/t18-/m1/s1. The van der Waals surface area contributed by atoms with E-state index >= 15 is 0 Å². The number of hydrogen-bond donors (Lipinski definition) is 3. The first-order chi connectivity index (χ1) is 18.9. The number of benzene rings is 2. The van der Waals surface area contributed by atoms with Gasteiger partial charge in [0.2, 0.25) is 0 Å². The SMILES string of the molecule is CC(C)n1cc(-c2cncc(C(=O)N[C@H](C)c3ccc(-c4cc(C(F)(F)F)ccc4CNC(=O)O)cc3)c2)cn1. The number of carbonyl (C=O) groups excluding carboxylic acids is 1. The number of amides is 2. The lowest BCUT2D eigenvalue weighted by atomic mass is 9.95. The summed E-state index contributed by atoms with van der Waals surface area (Å²) in [6.07, 6.45) is 0.915. The average molecular weight is 552 g/mol. The third kappa shape index (κ3) is 6.66. The van der Waals surface area contributed by atoms with Crippen molar-refractivity contribution in [2.24, 2.45) is 0 Å². The van der Waals surface area contributed by atoms with Gasteiger partial charge >= 0.3 is 12.3 Å². The lowest BCUT2D eigenvalue weighted by molar-refractivity contribution is -0.137. The number of aromatic nitrogens is 3. The van der Waals surface area contributed by atoms with Crippen molar-refractivity contribution in [2.75, 3.05) is 0 Å². The Morgan fingerprint density at radius 1 is 0.950 bits per heavy atom. The van der Waals surface area contributed by atoms with Crippen LogP contribution in [0.5, 0.6) is 0 Å². The van der Waals surface area contributed by atoms with Gasteiger partial charge in [-0.1, -0.05) is 30.3 Å². The van der Waals surface area contributed by atoms with Crippen LogP contribution in [0, 0.1) is 0 Å². The number of hydrogen-bond acceptors (Lipinski definition) is 4. The van der Waals surface area contributed by atoms with Crippen molar-refractivity contribution in [1.29, 1.82) is 0 Å². The molecule has 11 heteroatoms. The summed E-state index contributed by atoms with van der Waals surface area (Å²) in [5.74, 6) is -0.331. The van der Waals surface area contributed by atoms with E-state index in [1.165, 1.54) is 12.3 Å². The molecular formula is C29H28F3N5O3. The molecule has 8 nitrogen and oxygen atoms in total. The van der Waals surface area contributed by atoms with E-state index in [1.54, 1.807) is 49.6 Å². The van der Waals surface area contributed by atoms with Gasteiger partial charge in [0.1, 0.15) is 0 Å². The molecule has 40 heavy (non-hydrogen) atoms. The van der Waals surface area contributed by atoms with E-state index in [9.17, 15) is 22.8 Å². The van der Waals surface area contributed by atoms with Crippen LogP contribution in [0.4, 0.5) is 18.0 Å². The van der Waals surface area contributed by atoms with Crippen LogP contribution in [0.25, 0.3) is 22.3 Å². The Balaban J connectivity index is 1.52. The van der Waals surface area contributed by atoms with Gasteiger partial charge in [0, 0.05) is 42.3 Å². The van der Waals surface area contributed by atoms with Crippen LogP contribution >= 0.6 is 0 Å². The highest BCUT2D eigenvalue weighted by Crippen LogP contribution is 2.34. The van der Waals surface area contributed by atoms with E-state index in [0.717, 1.165) is 28.8 Å². The fourth-order valence-corrected chi connectivity index (χ4v) is 4.15. The third-order valence-corrected chi connectivity index (χ3v) is 6.40. The van der Waals surface area contributed by atoms with Gasteiger partial charge in [-0.15, -0.1) is 0 Å². The van der Waals surface area contributed by atoms with Crippen LogP contribution in [-0.4, -0.2) is 31.9 Å². The Morgan fingerprint density at radius 2 is 1.68 bits per heavy atom. The molecular weight excluding hydrogens is 523 g/mol. The normalized spacial score (nSPS) is 12.3. The largest absolute Gasteiger partial charge is 0.465 e. The maximum absolute atomic E-state index is 13.4. The number of carboxylic acid groups (broad SMARTS) is 1. The molecule has 3 N–H and O–H groups in total. The Hall–Kier alpha value is -4.67. The molecule has 0 aliphatic carbocycles. The Labute approximate surface area is 228 Å². The first-order valence-corrected chi connectivity index (χ1v) is 12.5. The number of nitrogens with one attached hydrogen (secondary N) is 2. The minimum Gasteiger partial charge on any atom is -0.465 e. The number of nitrogens with zero attached hydrogens (tertiary/aromatic N) is 3. The summed E-state index contributed by atoms with van der Waals surface area (Å²) >= 11 is 0. The number of rotatable bonds is 8. The number of halogens is 3. The zero-order valence-corrected chi connectivity index (χ0v) is 22.0. The second-order valence-electron chi connectivity index (χ2n) is 9.61. The van der Waals surface area contributed by atoms with Crippen molar-refractivity contribution in [1.82, 2.24) is 25.4 Å². The Morgan fingerprint density at radius 3 is 2.30 bits per heavy atom. The monoisotopic (exact) mass is 551 g/mol. The summed E-state index contributed by atoms with van der Waals surface area (Å²) in [6, 6.07) is 11.4. The lowest BCUT2D eigenvalue weighted by Crippen LogP contribution is -2.26. The quantitative estimate of drug-likeness (QED) is 0.233. The average Bonchev–Trinajstić information content (AvgIpc) is 3.42. The van der Waals surface area contributed by atoms with Crippen LogP contribution in [0.1, 0.15) is 59.9 Å². The van der Waals surface area contributed by atoms with Crippen molar-refractivity contribution < 1.29 is 27.9 Å². The molecule has 0 radical (unpaired) electrons. The molecule has 2 aromatic carbocycles. The van der Waals surface area contributed by atoms with Crippen molar-refractivity contribution in [3.63, 3.8) is 0 Å². The smallest absolute Gasteiger partial charge is 0.416 e. The molecule has 0 aliphatic rings. The van der Waals surface area contributed by atoms with Crippen LogP contribution in [-0.2, 0) is 12.7 Å². The highest BCUT2D eigenvalue weighted by Gasteiger charge is 2.31. The van der Waals surface area contributed by atoms with Gasteiger partial charge in [0.15, 0.2) is 0 Å². The predicted molar refractivity (Wildman–Crippen MR) is 143 cm³/mol. The number of carbonyl (C=O) groups is 2. The maximum atomic E-state index is 13.4. The first kappa shape index (κ1) is 28.3. The molecule has 0 saturated carbocycles. The molecule has 2 heterocycles. The molecule has 1 atom stereocenters. The van der Waals surface area contributed by atoms with E-state index in [1.807, 2.05) is 24.7 Å². The molecule has 4 aromatic rings. The fourth-order valence-electron chi connectivity index (χ4n) is 4.15. The summed E-state index contributed by atoms with van der Waals surface area (Å²) in [6.45, 7) is 5.68. The molecule has 0 spiro atoms. The van der Waals surface area contributed by atoms with E-state index in [2.05, 4.69) is 20.7 Å². The summed E-state index contributed by atoms with van der Waals surface area (Å²) in [7, 11) is 0. The van der Waals surface area contributed by atoms with Crippen LogP contribution in [0.2, 0.25) is 0 Å². The zero-order chi connectivity index (χ0) is 29.0. The first-order valence-electron chi connectivity index (χ1n) is 12.5.